The minimum absolute atomic E-state index is 0.0958. The maximum absolute atomic E-state index is 12.4. The highest BCUT2D eigenvalue weighted by Crippen LogP contribution is 2.21. The summed E-state index contributed by atoms with van der Waals surface area (Å²) in [4.78, 5) is 32.4. The molecule has 3 rings (SSSR count). The molecule has 1 saturated heterocycles. The Morgan fingerprint density at radius 3 is 2.59 bits per heavy atom. The molecule has 1 aromatic carbocycles. The summed E-state index contributed by atoms with van der Waals surface area (Å²) in [6.07, 6.45) is 4.50. The smallest absolute Gasteiger partial charge is 0.224 e. The summed E-state index contributed by atoms with van der Waals surface area (Å²) in [5.74, 6) is 0.0106. The van der Waals surface area contributed by atoms with Crippen LogP contribution in [-0.2, 0) is 9.59 Å². The number of carbonyl (C=O) groups is 2. The van der Waals surface area contributed by atoms with Crippen LogP contribution >= 0.6 is 11.6 Å². The molecule has 0 aliphatic carbocycles. The molecule has 2 aromatic rings. The van der Waals surface area contributed by atoms with Crippen LogP contribution in [0.25, 0.3) is 0 Å². The van der Waals surface area contributed by atoms with Gasteiger partial charge in [-0.3, -0.25) is 14.6 Å². The lowest BCUT2D eigenvalue weighted by atomic mass is 10.2. The molecule has 0 radical (unpaired) electrons. The Morgan fingerprint density at radius 2 is 1.89 bits per heavy atom. The Hall–Kier alpha value is -2.60. The maximum Gasteiger partial charge on any atom is 0.224 e. The summed E-state index contributed by atoms with van der Waals surface area (Å²) in [5, 5.41) is 3.50. The molecular formula is C20H23ClN4O2. The van der Waals surface area contributed by atoms with Crippen LogP contribution in [0.1, 0.15) is 19.3 Å². The lowest BCUT2D eigenvalue weighted by molar-refractivity contribution is -0.131. The van der Waals surface area contributed by atoms with Gasteiger partial charge in [-0.2, -0.15) is 0 Å². The summed E-state index contributed by atoms with van der Waals surface area (Å²) in [5.41, 5.74) is 1.76. The third-order valence-corrected chi connectivity index (χ3v) is 4.78. The van der Waals surface area contributed by atoms with Crippen LogP contribution in [0.3, 0.4) is 0 Å². The minimum Gasteiger partial charge on any atom is -0.368 e. The first kappa shape index (κ1) is 19.2. The molecule has 0 spiro atoms. The van der Waals surface area contributed by atoms with Crippen molar-refractivity contribution in [3.8, 4) is 0 Å². The van der Waals surface area contributed by atoms with Crippen molar-refractivity contribution in [1.29, 1.82) is 0 Å². The van der Waals surface area contributed by atoms with Gasteiger partial charge in [0.15, 0.2) is 0 Å². The molecule has 0 bridgehead atoms. The van der Waals surface area contributed by atoms with E-state index in [2.05, 4.69) is 15.2 Å². The summed E-state index contributed by atoms with van der Waals surface area (Å²) in [7, 11) is 0. The van der Waals surface area contributed by atoms with Crippen molar-refractivity contribution in [1.82, 2.24) is 9.88 Å². The average molecular weight is 387 g/mol. The van der Waals surface area contributed by atoms with Crippen molar-refractivity contribution in [2.24, 2.45) is 0 Å². The molecule has 1 aliphatic heterocycles. The van der Waals surface area contributed by atoms with E-state index >= 15 is 0 Å². The van der Waals surface area contributed by atoms with Gasteiger partial charge in [0.2, 0.25) is 11.8 Å². The second-order valence-electron chi connectivity index (χ2n) is 6.49. The number of pyridine rings is 1. The van der Waals surface area contributed by atoms with E-state index in [4.69, 9.17) is 11.6 Å². The number of carbonyl (C=O) groups excluding carboxylic acids is 2. The number of benzene rings is 1. The number of anilines is 2. The van der Waals surface area contributed by atoms with E-state index in [1.165, 1.54) is 0 Å². The van der Waals surface area contributed by atoms with Gasteiger partial charge in [-0.05, 0) is 36.8 Å². The topological polar surface area (TPSA) is 65.5 Å². The number of piperazine rings is 1. The molecule has 1 fully saturated rings. The minimum atomic E-state index is -0.0958. The monoisotopic (exact) mass is 386 g/mol. The van der Waals surface area contributed by atoms with Crippen molar-refractivity contribution in [2.45, 2.75) is 19.3 Å². The van der Waals surface area contributed by atoms with E-state index in [1.54, 1.807) is 24.5 Å². The number of aromatic nitrogens is 1. The predicted molar refractivity (Wildman–Crippen MR) is 107 cm³/mol. The Labute approximate surface area is 164 Å². The molecule has 27 heavy (non-hydrogen) atoms. The van der Waals surface area contributed by atoms with Crippen molar-refractivity contribution in [3.05, 3.63) is 53.8 Å². The summed E-state index contributed by atoms with van der Waals surface area (Å²) in [6.45, 7) is 2.95. The number of amides is 2. The quantitative estimate of drug-likeness (QED) is 0.828. The third-order valence-electron chi connectivity index (χ3n) is 4.55. The van der Waals surface area contributed by atoms with E-state index in [-0.39, 0.29) is 11.8 Å². The highest BCUT2D eigenvalue weighted by atomic mass is 35.5. The average Bonchev–Trinajstić information content (AvgIpc) is 2.69. The second kappa shape index (κ2) is 9.37. The van der Waals surface area contributed by atoms with Crippen LogP contribution in [0, 0.1) is 0 Å². The highest BCUT2D eigenvalue weighted by molar-refractivity contribution is 6.30. The van der Waals surface area contributed by atoms with Crippen molar-refractivity contribution < 1.29 is 9.59 Å². The zero-order chi connectivity index (χ0) is 19.1. The second-order valence-corrected chi connectivity index (χ2v) is 6.93. The molecule has 6 nitrogen and oxygen atoms in total. The predicted octanol–water partition coefficient (Wildman–Crippen LogP) is 3.19. The van der Waals surface area contributed by atoms with Gasteiger partial charge in [-0.15, -0.1) is 0 Å². The summed E-state index contributed by atoms with van der Waals surface area (Å²) < 4.78 is 0. The summed E-state index contributed by atoms with van der Waals surface area (Å²) >= 11 is 6.05. The number of rotatable bonds is 6. The van der Waals surface area contributed by atoms with Gasteiger partial charge in [0, 0.05) is 55.9 Å². The molecule has 1 N–H and O–H groups in total. The molecule has 142 valence electrons. The van der Waals surface area contributed by atoms with Gasteiger partial charge >= 0.3 is 0 Å². The Balaban J connectivity index is 1.37. The van der Waals surface area contributed by atoms with Crippen LogP contribution in [-0.4, -0.2) is 47.9 Å². The van der Waals surface area contributed by atoms with E-state index in [0.29, 0.717) is 38.0 Å². The number of hydrogen-bond donors (Lipinski definition) is 1. The zero-order valence-corrected chi connectivity index (χ0v) is 15.9. The van der Waals surface area contributed by atoms with Crippen molar-refractivity contribution in [3.63, 3.8) is 0 Å². The number of hydrogen-bond acceptors (Lipinski definition) is 4. The van der Waals surface area contributed by atoms with Gasteiger partial charge < -0.3 is 15.1 Å². The molecule has 2 amide bonds. The standard InChI is InChI=1S/C20H23ClN4O2/c21-16-4-1-6-18(14-16)24-10-12-25(13-11-24)20(27)8-2-7-19(26)23-17-5-3-9-22-15-17/h1,3-6,9,14-15H,2,7-8,10-13H2,(H,23,26). The van der Waals surface area contributed by atoms with Gasteiger partial charge in [0.05, 0.1) is 11.9 Å². The molecule has 7 heteroatoms. The first-order chi connectivity index (χ1) is 13.1. The van der Waals surface area contributed by atoms with Gasteiger partial charge in [0.25, 0.3) is 0 Å². The molecular weight excluding hydrogens is 364 g/mol. The zero-order valence-electron chi connectivity index (χ0n) is 15.1. The molecule has 0 atom stereocenters. The fraction of sp³-hybridized carbons (Fsp3) is 0.350. The van der Waals surface area contributed by atoms with Gasteiger partial charge in [-0.25, -0.2) is 0 Å². The van der Waals surface area contributed by atoms with Gasteiger partial charge in [0.1, 0.15) is 0 Å². The lowest BCUT2D eigenvalue weighted by Crippen LogP contribution is -2.48. The van der Waals surface area contributed by atoms with E-state index in [1.807, 2.05) is 29.2 Å². The Kier molecular flexibility index (Phi) is 6.65. The van der Waals surface area contributed by atoms with Crippen molar-refractivity contribution in [2.75, 3.05) is 36.4 Å². The maximum atomic E-state index is 12.4. The molecule has 2 heterocycles. The SMILES string of the molecule is O=C(CCCC(=O)N1CCN(c2cccc(Cl)c2)CC1)Nc1cccnc1. The van der Waals surface area contributed by atoms with Crippen molar-refractivity contribution >= 4 is 34.8 Å². The largest absolute Gasteiger partial charge is 0.368 e. The first-order valence-corrected chi connectivity index (χ1v) is 9.48. The van der Waals surface area contributed by atoms with E-state index < -0.39 is 0 Å². The fourth-order valence-corrected chi connectivity index (χ4v) is 3.29. The lowest BCUT2D eigenvalue weighted by Gasteiger charge is -2.36. The van der Waals surface area contributed by atoms with Crippen LogP contribution in [0.5, 0.6) is 0 Å². The number of halogens is 1. The fourth-order valence-electron chi connectivity index (χ4n) is 3.11. The van der Waals surface area contributed by atoms with Crippen LogP contribution < -0.4 is 10.2 Å². The third kappa shape index (κ3) is 5.69. The normalized spacial score (nSPS) is 14.1. The molecule has 0 unspecified atom stereocenters. The number of nitrogens with one attached hydrogen (secondary N) is 1. The Bertz CT molecular complexity index is 777. The highest BCUT2D eigenvalue weighted by Gasteiger charge is 2.21. The first-order valence-electron chi connectivity index (χ1n) is 9.10. The molecule has 1 aromatic heterocycles. The number of nitrogens with zero attached hydrogens (tertiary/aromatic N) is 3. The molecule has 1 aliphatic rings. The van der Waals surface area contributed by atoms with Crippen LogP contribution in [0.2, 0.25) is 5.02 Å². The summed E-state index contributed by atoms with van der Waals surface area (Å²) in [6, 6.07) is 11.3. The molecule has 0 saturated carbocycles. The van der Waals surface area contributed by atoms with Gasteiger partial charge in [-0.1, -0.05) is 17.7 Å². The van der Waals surface area contributed by atoms with E-state index in [0.717, 1.165) is 23.8 Å². The van der Waals surface area contributed by atoms with Crippen LogP contribution in [0.15, 0.2) is 48.8 Å². The van der Waals surface area contributed by atoms with E-state index in [9.17, 15) is 9.59 Å². The van der Waals surface area contributed by atoms with Crippen LogP contribution in [0.4, 0.5) is 11.4 Å². The Morgan fingerprint density at radius 1 is 1.07 bits per heavy atom.